The Balaban J connectivity index is 1.49. The van der Waals surface area contributed by atoms with Crippen molar-refractivity contribution in [1.29, 1.82) is 0 Å². The minimum absolute atomic E-state index is 0.118. The highest BCUT2D eigenvalue weighted by atomic mass is 32.1. The second-order valence-corrected chi connectivity index (χ2v) is 6.21. The number of hydrogen-bond acceptors (Lipinski definition) is 6. The Bertz CT molecular complexity index is 889. The van der Waals surface area contributed by atoms with Crippen molar-refractivity contribution >= 4 is 34.0 Å². The zero-order chi connectivity index (χ0) is 18.4. The highest BCUT2D eigenvalue weighted by Crippen LogP contribution is 2.19. The Labute approximate surface area is 154 Å². The summed E-state index contributed by atoms with van der Waals surface area (Å²) in [6, 6.07) is 10.4. The maximum Gasteiger partial charge on any atom is 0.293 e. The summed E-state index contributed by atoms with van der Waals surface area (Å²) in [5.41, 5.74) is 1.42. The molecule has 0 fully saturated rings. The van der Waals surface area contributed by atoms with Gasteiger partial charge in [0.1, 0.15) is 5.75 Å². The van der Waals surface area contributed by atoms with E-state index in [9.17, 15) is 9.59 Å². The molecule has 2 N–H and O–H groups in total. The van der Waals surface area contributed by atoms with Crippen LogP contribution in [0.1, 0.15) is 22.7 Å². The number of rotatable bonds is 7. The van der Waals surface area contributed by atoms with E-state index in [0.29, 0.717) is 23.0 Å². The maximum atomic E-state index is 12.1. The molecule has 0 bridgehead atoms. The van der Waals surface area contributed by atoms with E-state index in [1.807, 2.05) is 17.5 Å². The number of methoxy groups -OCH3 is 1. The fourth-order valence-electron chi connectivity index (χ4n) is 2.21. The van der Waals surface area contributed by atoms with Crippen molar-refractivity contribution in [2.24, 2.45) is 0 Å². The first-order valence-electron chi connectivity index (χ1n) is 7.87. The molecule has 0 saturated heterocycles. The van der Waals surface area contributed by atoms with Crippen LogP contribution in [0.5, 0.6) is 5.75 Å². The van der Waals surface area contributed by atoms with Crippen molar-refractivity contribution in [2.75, 3.05) is 17.7 Å². The average molecular weight is 371 g/mol. The van der Waals surface area contributed by atoms with Gasteiger partial charge < -0.3 is 14.5 Å². The topological polar surface area (TPSA) is 93.5 Å². The minimum Gasteiger partial charge on any atom is -0.497 e. The van der Waals surface area contributed by atoms with Crippen LogP contribution < -0.4 is 15.4 Å². The number of aryl methyl sites for hydroxylation is 1. The second-order valence-electron chi connectivity index (χ2n) is 5.36. The maximum absolute atomic E-state index is 12.1. The Morgan fingerprint density at radius 1 is 1.23 bits per heavy atom. The van der Waals surface area contributed by atoms with Crippen LogP contribution in [0.4, 0.5) is 10.8 Å². The molecule has 134 valence electrons. The highest BCUT2D eigenvalue weighted by molar-refractivity contribution is 7.13. The summed E-state index contributed by atoms with van der Waals surface area (Å²) in [6.07, 6.45) is 2.19. The molecule has 0 aliphatic heterocycles. The number of carbonyl (C=O) groups excluding carboxylic acids is 2. The van der Waals surface area contributed by atoms with Gasteiger partial charge in [0.25, 0.3) is 5.91 Å². The molecule has 8 heteroatoms. The minimum atomic E-state index is -0.355. The van der Waals surface area contributed by atoms with Crippen molar-refractivity contribution < 1.29 is 18.7 Å². The van der Waals surface area contributed by atoms with E-state index in [1.54, 1.807) is 31.4 Å². The van der Waals surface area contributed by atoms with Crippen molar-refractivity contribution in [3.8, 4) is 5.75 Å². The first kappa shape index (κ1) is 17.7. The van der Waals surface area contributed by atoms with Crippen LogP contribution in [-0.4, -0.2) is 23.9 Å². The number of nitrogens with zero attached hydrogens (tertiary/aromatic N) is 1. The molecule has 3 aromatic rings. The van der Waals surface area contributed by atoms with Gasteiger partial charge in [-0.2, -0.15) is 0 Å². The van der Waals surface area contributed by atoms with Gasteiger partial charge >= 0.3 is 0 Å². The molecule has 7 nitrogen and oxygen atoms in total. The predicted octanol–water partition coefficient (Wildman–Crippen LogP) is 3.57. The van der Waals surface area contributed by atoms with Crippen LogP contribution in [0.15, 0.2) is 52.5 Å². The van der Waals surface area contributed by atoms with Gasteiger partial charge in [-0.05, 0) is 30.7 Å². The Kier molecular flexibility index (Phi) is 5.65. The lowest BCUT2D eigenvalue weighted by Gasteiger charge is -2.06. The quantitative estimate of drug-likeness (QED) is 0.662. The van der Waals surface area contributed by atoms with Gasteiger partial charge in [-0.15, -0.1) is 11.3 Å². The van der Waals surface area contributed by atoms with Gasteiger partial charge in [-0.25, -0.2) is 4.98 Å². The average Bonchev–Trinajstić information content (AvgIpc) is 3.32. The third-order valence-corrected chi connectivity index (χ3v) is 4.29. The molecule has 0 atom stereocenters. The summed E-state index contributed by atoms with van der Waals surface area (Å²) in [5, 5.41) is 7.77. The van der Waals surface area contributed by atoms with Gasteiger partial charge in [0.2, 0.25) is 5.91 Å². The molecule has 0 radical (unpaired) electrons. The number of benzene rings is 1. The third kappa shape index (κ3) is 4.70. The Morgan fingerprint density at radius 3 is 2.88 bits per heavy atom. The van der Waals surface area contributed by atoms with E-state index >= 15 is 0 Å². The van der Waals surface area contributed by atoms with Crippen LogP contribution in [0, 0.1) is 0 Å². The molecule has 2 amide bonds. The van der Waals surface area contributed by atoms with Gasteiger partial charge in [-0.3, -0.25) is 14.9 Å². The van der Waals surface area contributed by atoms with Crippen LogP contribution in [-0.2, 0) is 11.2 Å². The van der Waals surface area contributed by atoms with E-state index in [-0.39, 0.29) is 24.0 Å². The summed E-state index contributed by atoms with van der Waals surface area (Å²) in [4.78, 5) is 28.3. The van der Waals surface area contributed by atoms with Crippen molar-refractivity contribution in [3.05, 3.63) is 59.5 Å². The summed E-state index contributed by atoms with van der Waals surface area (Å²) >= 11 is 1.30. The molecule has 2 heterocycles. The largest absolute Gasteiger partial charge is 0.497 e. The van der Waals surface area contributed by atoms with Crippen molar-refractivity contribution in [1.82, 2.24) is 4.98 Å². The number of anilines is 2. The number of thiazole rings is 1. The SMILES string of the molecule is COc1cccc(NC(=O)CCc2csc(NC(=O)c3ccco3)n2)c1. The lowest BCUT2D eigenvalue weighted by molar-refractivity contribution is -0.116. The molecule has 0 spiro atoms. The van der Waals surface area contributed by atoms with Gasteiger partial charge in [0.15, 0.2) is 10.9 Å². The van der Waals surface area contributed by atoms with Gasteiger partial charge in [0.05, 0.1) is 19.1 Å². The molecule has 1 aromatic carbocycles. The number of furan rings is 1. The molecular weight excluding hydrogens is 354 g/mol. The zero-order valence-electron chi connectivity index (χ0n) is 14.0. The lowest BCUT2D eigenvalue weighted by atomic mass is 10.2. The predicted molar refractivity (Wildman–Crippen MR) is 98.7 cm³/mol. The molecule has 0 unspecified atom stereocenters. The third-order valence-electron chi connectivity index (χ3n) is 3.48. The fraction of sp³-hybridized carbons (Fsp3) is 0.167. The summed E-state index contributed by atoms with van der Waals surface area (Å²) < 4.78 is 10.2. The summed E-state index contributed by atoms with van der Waals surface area (Å²) in [6.45, 7) is 0. The molecule has 0 aliphatic carbocycles. The number of hydrogen-bond donors (Lipinski definition) is 2. The van der Waals surface area contributed by atoms with E-state index < -0.39 is 0 Å². The fourth-order valence-corrected chi connectivity index (χ4v) is 2.95. The first-order chi connectivity index (χ1) is 12.6. The highest BCUT2D eigenvalue weighted by Gasteiger charge is 2.12. The standard InChI is InChI=1S/C18H17N3O4S/c1-24-14-5-2-4-12(10-14)19-16(22)8-7-13-11-26-18(20-13)21-17(23)15-6-3-9-25-15/h2-6,9-11H,7-8H2,1H3,(H,19,22)(H,20,21,23). The molecule has 3 rings (SSSR count). The number of amides is 2. The Morgan fingerprint density at radius 2 is 2.12 bits per heavy atom. The monoisotopic (exact) mass is 371 g/mol. The second kappa shape index (κ2) is 8.30. The van der Waals surface area contributed by atoms with Gasteiger partial charge in [-0.1, -0.05) is 6.07 Å². The molecule has 0 saturated carbocycles. The number of ether oxygens (including phenoxy) is 1. The summed E-state index contributed by atoms with van der Waals surface area (Å²) in [7, 11) is 1.57. The number of carbonyl (C=O) groups is 2. The number of nitrogens with one attached hydrogen (secondary N) is 2. The van der Waals surface area contributed by atoms with Crippen LogP contribution >= 0.6 is 11.3 Å². The molecule has 2 aromatic heterocycles. The van der Waals surface area contributed by atoms with Crippen LogP contribution in [0.2, 0.25) is 0 Å². The van der Waals surface area contributed by atoms with Crippen molar-refractivity contribution in [3.63, 3.8) is 0 Å². The van der Waals surface area contributed by atoms with E-state index in [0.717, 1.165) is 5.69 Å². The zero-order valence-corrected chi connectivity index (χ0v) is 14.8. The van der Waals surface area contributed by atoms with Gasteiger partial charge in [0, 0.05) is 23.6 Å². The molecular formula is C18H17N3O4S. The Hall–Kier alpha value is -3.13. The molecule has 0 aliphatic rings. The number of aromatic nitrogens is 1. The normalized spacial score (nSPS) is 10.3. The van der Waals surface area contributed by atoms with Crippen LogP contribution in [0.25, 0.3) is 0 Å². The lowest BCUT2D eigenvalue weighted by Crippen LogP contribution is -2.13. The smallest absolute Gasteiger partial charge is 0.293 e. The van der Waals surface area contributed by atoms with Crippen LogP contribution in [0.3, 0.4) is 0 Å². The first-order valence-corrected chi connectivity index (χ1v) is 8.75. The van der Waals surface area contributed by atoms with E-state index in [2.05, 4.69) is 15.6 Å². The van der Waals surface area contributed by atoms with E-state index in [4.69, 9.17) is 9.15 Å². The summed E-state index contributed by atoms with van der Waals surface area (Å²) in [5.74, 6) is 0.428. The molecule has 26 heavy (non-hydrogen) atoms. The van der Waals surface area contributed by atoms with Crippen molar-refractivity contribution in [2.45, 2.75) is 12.8 Å². The van der Waals surface area contributed by atoms with E-state index in [1.165, 1.54) is 17.6 Å².